The second kappa shape index (κ2) is 8.60. The minimum Gasteiger partial charge on any atom is -0.562 e. The lowest BCUT2D eigenvalue weighted by Gasteiger charge is -2.41. The summed E-state index contributed by atoms with van der Waals surface area (Å²) in [5.74, 6) is -0.448. The normalized spacial score (nSPS) is 20.7. The molecule has 29 heavy (non-hydrogen) atoms. The number of carboxylic acids is 1. The Morgan fingerprint density at radius 2 is 2.07 bits per heavy atom. The molecule has 4 rings (SSSR count). The molecular weight excluding hydrogens is 377 g/mol. The van der Waals surface area contributed by atoms with Gasteiger partial charge in [-0.05, 0) is 24.4 Å². The average Bonchev–Trinajstić information content (AvgIpc) is 2.71. The summed E-state index contributed by atoms with van der Waals surface area (Å²) in [6.07, 6.45) is 1.36. The van der Waals surface area contributed by atoms with Gasteiger partial charge >= 0.3 is 13.5 Å². The van der Waals surface area contributed by atoms with Crippen LogP contribution in [0, 0.1) is 0 Å². The highest BCUT2D eigenvalue weighted by Crippen LogP contribution is 2.36. The van der Waals surface area contributed by atoms with Gasteiger partial charge < -0.3 is 29.9 Å². The Balaban J connectivity index is 1.32. The number of aromatic carboxylic acids is 1. The third-order valence-electron chi connectivity index (χ3n) is 5.46. The van der Waals surface area contributed by atoms with Crippen molar-refractivity contribution in [2.45, 2.75) is 24.9 Å². The van der Waals surface area contributed by atoms with Gasteiger partial charge in [0.2, 0.25) is 5.91 Å². The predicted molar refractivity (Wildman–Crippen MR) is 105 cm³/mol. The number of benzene rings is 1. The van der Waals surface area contributed by atoms with Gasteiger partial charge in [-0.25, -0.2) is 4.79 Å². The Morgan fingerprint density at radius 3 is 2.79 bits per heavy atom. The van der Waals surface area contributed by atoms with Gasteiger partial charge in [-0.15, -0.1) is 0 Å². The Hall–Kier alpha value is -2.30. The van der Waals surface area contributed by atoms with Crippen LogP contribution in [0.2, 0.25) is 6.32 Å². The van der Waals surface area contributed by atoms with Gasteiger partial charge in [0.1, 0.15) is 23.2 Å². The lowest BCUT2D eigenvalue weighted by molar-refractivity contribution is -0.137. The Morgan fingerprint density at radius 1 is 1.31 bits per heavy atom. The van der Waals surface area contributed by atoms with Gasteiger partial charge in [0, 0.05) is 32.7 Å². The molecule has 3 heterocycles. The lowest BCUT2D eigenvalue weighted by atomic mass is 9.85. The molecule has 0 aromatic heterocycles. The molecule has 1 atom stereocenters. The monoisotopic (exact) mass is 402 g/mol. The van der Waals surface area contributed by atoms with Crippen LogP contribution in [0.1, 0.15) is 15.9 Å². The van der Waals surface area contributed by atoms with E-state index in [1.165, 1.54) is 0 Å². The molecule has 1 aromatic rings. The number of morpholine rings is 1. The van der Waals surface area contributed by atoms with Crippen LogP contribution in [0.15, 0.2) is 12.1 Å². The number of hydrogen-bond donors (Lipinski definition) is 2. The van der Waals surface area contributed by atoms with E-state index in [9.17, 15) is 14.7 Å². The van der Waals surface area contributed by atoms with Gasteiger partial charge in [0.05, 0.1) is 19.3 Å². The van der Waals surface area contributed by atoms with Crippen molar-refractivity contribution in [2.24, 2.45) is 5.73 Å². The number of carbonyl (C=O) groups is 2. The molecule has 0 bridgehead atoms. The first-order valence-corrected chi connectivity index (χ1v) is 9.91. The number of likely N-dealkylation sites (tertiary alicyclic amines) is 1. The number of aryl methyl sites for hydroxylation is 1. The summed E-state index contributed by atoms with van der Waals surface area (Å²) in [6, 6.07) is 2.97. The van der Waals surface area contributed by atoms with Gasteiger partial charge in [-0.1, -0.05) is 6.07 Å². The highest BCUT2D eigenvalue weighted by molar-refractivity contribution is 6.29. The van der Waals surface area contributed by atoms with Crippen LogP contribution in [0.25, 0.3) is 0 Å². The summed E-state index contributed by atoms with van der Waals surface area (Å²) in [7, 11) is 1.62. The number of amides is 1. The number of ether oxygens (including phenoxy) is 2. The smallest absolute Gasteiger partial charge is 0.370 e. The fraction of sp³-hybridized carbons (Fsp3) is 0.579. The van der Waals surface area contributed by atoms with E-state index in [2.05, 4.69) is 0 Å². The second-order valence-electron chi connectivity index (χ2n) is 7.56. The molecule has 0 spiro atoms. The van der Waals surface area contributed by atoms with Crippen LogP contribution in [0.3, 0.4) is 0 Å². The van der Waals surface area contributed by atoms with Crippen LogP contribution in [-0.2, 0) is 16.0 Å². The molecule has 1 aromatic carbocycles. The van der Waals surface area contributed by atoms with E-state index in [1.54, 1.807) is 18.4 Å². The Bertz CT molecular complexity index is 779. The molecule has 1 amide bonds. The van der Waals surface area contributed by atoms with E-state index in [1.807, 2.05) is 11.0 Å². The van der Waals surface area contributed by atoms with Crippen LogP contribution in [0.4, 0.5) is 0 Å². The number of hydrogen-bond acceptors (Lipinski definition) is 7. The minimum atomic E-state index is -1.07. The third-order valence-corrected chi connectivity index (χ3v) is 5.46. The molecule has 2 fully saturated rings. The predicted octanol–water partition coefficient (Wildman–Crippen LogP) is -0.394. The summed E-state index contributed by atoms with van der Waals surface area (Å²) < 4.78 is 16.7. The van der Waals surface area contributed by atoms with E-state index < -0.39 is 12.0 Å². The van der Waals surface area contributed by atoms with Crippen molar-refractivity contribution in [3.05, 3.63) is 23.3 Å². The molecule has 1 radical (unpaired) electrons. The van der Waals surface area contributed by atoms with Gasteiger partial charge in [0.25, 0.3) is 0 Å². The molecular formula is C19H25BN3O6. The number of nitrogens with zero attached hydrogens (tertiary/aromatic N) is 2. The summed E-state index contributed by atoms with van der Waals surface area (Å²) in [6.45, 7) is 3.88. The van der Waals surface area contributed by atoms with Gasteiger partial charge in [-0.3, -0.25) is 9.69 Å². The number of rotatable bonds is 6. The molecule has 3 aliphatic rings. The topological polar surface area (TPSA) is 115 Å². The first-order valence-electron chi connectivity index (χ1n) is 9.91. The van der Waals surface area contributed by atoms with Crippen LogP contribution < -0.4 is 15.1 Å². The zero-order chi connectivity index (χ0) is 20.4. The third kappa shape index (κ3) is 4.34. The fourth-order valence-electron chi connectivity index (χ4n) is 3.90. The van der Waals surface area contributed by atoms with Crippen molar-refractivity contribution in [1.82, 2.24) is 9.80 Å². The largest absolute Gasteiger partial charge is 0.562 e. The van der Waals surface area contributed by atoms with E-state index in [0.29, 0.717) is 57.4 Å². The molecule has 0 aliphatic carbocycles. The highest BCUT2D eigenvalue weighted by atomic mass is 16.5. The van der Waals surface area contributed by atoms with E-state index in [-0.39, 0.29) is 17.6 Å². The molecule has 2 saturated heterocycles. The molecule has 3 N–H and O–H groups in total. The Kier molecular flexibility index (Phi) is 5.93. The van der Waals surface area contributed by atoms with Crippen molar-refractivity contribution in [2.75, 3.05) is 45.9 Å². The van der Waals surface area contributed by atoms with Crippen molar-refractivity contribution in [1.29, 1.82) is 0 Å². The van der Waals surface area contributed by atoms with Crippen molar-refractivity contribution >= 4 is 19.4 Å². The fourth-order valence-corrected chi connectivity index (χ4v) is 3.90. The zero-order valence-corrected chi connectivity index (χ0v) is 16.2. The summed E-state index contributed by atoms with van der Waals surface area (Å²) in [5, 5.41) is 9.63. The summed E-state index contributed by atoms with van der Waals surface area (Å²) >= 11 is 0. The SMILES string of the molecule is NC(CN1CC(Oc2ccc3c(c2C(=O)O)O[B]CC3)C1)C(=O)N1CCOCC1. The molecule has 9 nitrogen and oxygen atoms in total. The first-order chi connectivity index (χ1) is 14.0. The molecule has 0 saturated carbocycles. The second-order valence-corrected chi connectivity index (χ2v) is 7.56. The maximum atomic E-state index is 12.4. The maximum Gasteiger partial charge on any atom is 0.370 e. The highest BCUT2D eigenvalue weighted by Gasteiger charge is 2.34. The van der Waals surface area contributed by atoms with Crippen LogP contribution in [0.5, 0.6) is 11.5 Å². The molecule has 3 aliphatic heterocycles. The zero-order valence-electron chi connectivity index (χ0n) is 16.2. The summed E-state index contributed by atoms with van der Waals surface area (Å²) in [4.78, 5) is 28.0. The quantitative estimate of drug-likeness (QED) is 0.619. The number of nitrogens with two attached hydrogens (primary N) is 1. The number of carbonyl (C=O) groups excluding carboxylic acids is 1. The van der Waals surface area contributed by atoms with Crippen LogP contribution >= 0.6 is 0 Å². The molecule has 155 valence electrons. The van der Waals surface area contributed by atoms with Crippen molar-refractivity contribution in [3.63, 3.8) is 0 Å². The Labute approximate surface area is 169 Å². The standard InChI is InChI=1S/C19H25BN3O6/c21-14(18(24)23-5-7-27-8-6-23)11-22-9-13(10-22)28-15-2-1-12-3-4-20-29-17(12)16(15)19(25)26/h1-2,13-14H,3-11,21H2,(H,25,26). The molecule has 1 unspecified atom stereocenters. The van der Waals surface area contributed by atoms with Crippen LogP contribution in [-0.4, -0.2) is 92.3 Å². The van der Waals surface area contributed by atoms with Gasteiger partial charge in [-0.2, -0.15) is 0 Å². The lowest BCUT2D eigenvalue weighted by Crippen LogP contribution is -2.60. The van der Waals surface area contributed by atoms with E-state index in [4.69, 9.17) is 19.9 Å². The average molecular weight is 402 g/mol. The number of carboxylic acid groups (broad SMARTS) is 1. The van der Waals surface area contributed by atoms with E-state index in [0.717, 1.165) is 18.3 Å². The maximum absolute atomic E-state index is 12.4. The minimum absolute atomic E-state index is 0.0612. The first kappa shape index (κ1) is 20.0. The number of fused-ring (bicyclic) bond motifs is 1. The van der Waals surface area contributed by atoms with E-state index >= 15 is 0 Å². The van der Waals surface area contributed by atoms with Crippen molar-refractivity contribution in [3.8, 4) is 11.5 Å². The molecule has 10 heteroatoms. The summed E-state index contributed by atoms with van der Waals surface area (Å²) in [5.41, 5.74) is 7.03. The van der Waals surface area contributed by atoms with Gasteiger partial charge in [0.15, 0.2) is 0 Å². The van der Waals surface area contributed by atoms with Crippen molar-refractivity contribution < 1.29 is 28.8 Å².